The third-order valence-corrected chi connectivity index (χ3v) is 7.17. The molecule has 0 saturated carbocycles. The molecule has 4 rings (SSSR count). The molecule has 0 aliphatic carbocycles. The highest BCUT2D eigenvalue weighted by atomic mass is 32.2. The van der Waals surface area contributed by atoms with Gasteiger partial charge in [-0.3, -0.25) is 0 Å². The number of nitrogens with one attached hydrogen (secondary N) is 1. The lowest BCUT2D eigenvalue weighted by Gasteiger charge is -2.25. The van der Waals surface area contributed by atoms with Crippen molar-refractivity contribution in [3.8, 4) is 5.75 Å². The van der Waals surface area contributed by atoms with Gasteiger partial charge in [0.05, 0.1) is 23.4 Å². The van der Waals surface area contributed by atoms with Gasteiger partial charge >= 0.3 is 0 Å². The lowest BCUT2D eigenvalue weighted by atomic mass is 9.94. The number of nitrogens with zero attached hydrogens (tertiary/aromatic N) is 1. The zero-order chi connectivity index (χ0) is 21.4. The summed E-state index contributed by atoms with van der Waals surface area (Å²) in [5.41, 5.74) is 3.36. The number of aromatic nitrogens is 1. The number of fused-ring (bicyclic) bond motifs is 3. The van der Waals surface area contributed by atoms with Gasteiger partial charge in [0.2, 0.25) is 0 Å². The van der Waals surface area contributed by atoms with Gasteiger partial charge in [0, 0.05) is 52.5 Å². The Bertz CT molecular complexity index is 1110. The number of halogens is 2. The minimum Gasteiger partial charge on any atom is -0.495 e. The Hall–Kier alpha value is -2.25. The van der Waals surface area contributed by atoms with E-state index in [0.717, 1.165) is 36.7 Å². The van der Waals surface area contributed by atoms with Crippen LogP contribution in [0.25, 0.3) is 10.9 Å². The van der Waals surface area contributed by atoms with Crippen molar-refractivity contribution >= 4 is 21.7 Å². The molecule has 0 radical (unpaired) electrons. The van der Waals surface area contributed by atoms with Crippen molar-refractivity contribution in [2.75, 3.05) is 13.7 Å². The van der Waals surface area contributed by atoms with E-state index >= 15 is 0 Å². The number of hydrogen-bond acceptors (Lipinski definition) is 3. The van der Waals surface area contributed by atoms with Crippen molar-refractivity contribution in [2.45, 2.75) is 48.4 Å². The first-order valence-electron chi connectivity index (χ1n) is 10.2. The van der Waals surface area contributed by atoms with Crippen LogP contribution in [0.15, 0.2) is 46.2 Å². The van der Waals surface area contributed by atoms with E-state index in [1.54, 1.807) is 19.2 Å². The zero-order valence-electron chi connectivity index (χ0n) is 17.4. The third-order valence-electron chi connectivity index (χ3n) is 5.83. The molecule has 0 fully saturated rings. The quantitative estimate of drug-likeness (QED) is 0.576. The Morgan fingerprint density at radius 1 is 1.27 bits per heavy atom. The van der Waals surface area contributed by atoms with Crippen LogP contribution in [-0.2, 0) is 24.3 Å². The van der Waals surface area contributed by atoms with E-state index in [2.05, 4.69) is 16.8 Å². The van der Waals surface area contributed by atoms with E-state index in [-0.39, 0.29) is 11.6 Å². The standard InChI is InChI=1S/C23H26F2N2O2S/c1-4-6-18-21-17-12-16(30(28)15-8-5-7-14(11-15)23(24)25)13-20(29-3)22(17)27(2)19(21)9-10-26-18/h5,7-8,11-13,18,23,26H,4,6,9-10H2,1-3H3. The van der Waals surface area contributed by atoms with Crippen LogP contribution in [0.4, 0.5) is 8.78 Å². The molecule has 0 saturated heterocycles. The van der Waals surface area contributed by atoms with Gasteiger partial charge in [-0.05, 0) is 36.2 Å². The average Bonchev–Trinajstić information content (AvgIpc) is 3.06. The summed E-state index contributed by atoms with van der Waals surface area (Å²) in [7, 11) is 2.06. The molecule has 0 amide bonds. The van der Waals surface area contributed by atoms with Gasteiger partial charge in [0.15, 0.2) is 0 Å². The van der Waals surface area contributed by atoms with Crippen molar-refractivity contribution in [1.82, 2.24) is 9.88 Å². The Kier molecular flexibility index (Phi) is 5.93. The Labute approximate surface area is 177 Å². The van der Waals surface area contributed by atoms with Crippen LogP contribution in [0.3, 0.4) is 0 Å². The lowest BCUT2D eigenvalue weighted by Crippen LogP contribution is -2.30. The van der Waals surface area contributed by atoms with Gasteiger partial charge in [-0.25, -0.2) is 13.0 Å². The first kappa shape index (κ1) is 21.0. The average molecular weight is 433 g/mol. The minimum atomic E-state index is -2.60. The number of aryl methyl sites for hydroxylation is 1. The summed E-state index contributed by atoms with van der Waals surface area (Å²) in [6, 6.07) is 9.76. The fourth-order valence-corrected chi connectivity index (χ4v) is 5.62. The number of rotatable bonds is 6. The van der Waals surface area contributed by atoms with E-state index in [1.165, 1.54) is 29.5 Å². The zero-order valence-corrected chi connectivity index (χ0v) is 18.2. The highest BCUT2D eigenvalue weighted by molar-refractivity contribution is 7.85. The van der Waals surface area contributed by atoms with Crippen molar-refractivity contribution in [3.63, 3.8) is 0 Å². The predicted octanol–water partition coefficient (Wildman–Crippen LogP) is 5.28. The smallest absolute Gasteiger partial charge is 0.263 e. The molecule has 0 bridgehead atoms. The van der Waals surface area contributed by atoms with Gasteiger partial charge in [0.25, 0.3) is 6.43 Å². The number of methoxy groups -OCH3 is 1. The third kappa shape index (κ3) is 3.54. The normalized spacial score (nSPS) is 17.3. The Balaban J connectivity index is 1.89. The van der Waals surface area contributed by atoms with Crippen molar-refractivity contribution in [1.29, 1.82) is 0 Å². The fraction of sp³-hybridized carbons (Fsp3) is 0.391. The number of ether oxygens (including phenoxy) is 1. The van der Waals surface area contributed by atoms with E-state index in [9.17, 15) is 13.0 Å². The topological polar surface area (TPSA) is 43.3 Å². The summed E-state index contributed by atoms with van der Waals surface area (Å²) in [4.78, 5) is 0.919. The molecule has 2 atom stereocenters. The minimum absolute atomic E-state index is 0.127. The van der Waals surface area contributed by atoms with Crippen LogP contribution >= 0.6 is 0 Å². The van der Waals surface area contributed by atoms with Crippen LogP contribution < -0.4 is 10.1 Å². The Morgan fingerprint density at radius 2 is 2.07 bits per heavy atom. The van der Waals surface area contributed by atoms with Crippen LogP contribution in [0.5, 0.6) is 5.75 Å². The molecule has 160 valence electrons. The molecule has 4 nitrogen and oxygen atoms in total. The molecule has 1 N–H and O–H groups in total. The molecule has 1 aliphatic rings. The van der Waals surface area contributed by atoms with Crippen LogP contribution in [0.2, 0.25) is 0 Å². The summed E-state index contributed by atoms with van der Waals surface area (Å²) in [6.07, 6.45) is 0.383. The molecule has 2 aromatic carbocycles. The monoisotopic (exact) mass is 432 g/mol. The van der Waals surface area contributed by atoms with Gasteiger partial charge in [-0.1, -0.05) is 25.5 Å². The van der Waals surface area contributed by atoms with Gasteiger partial charge in [0.1, 0.15) is 5.75 Å². The first-order chi connectivity index (χ1) is 14.5. The predicted molar refractivity (Wildman–Crippen MR) is 115 cm³/mol. The van der Waals surface area contributed by atoms with Crippen molar-refractivity contribution in [2.24, 2.45) is 7.05 Å². The van der Waals surface area contributed by atoms with Gasteiger partial charge in [-0.15, -0.1) is 0 Å². The molecule has 2 unspecified atom stereocenters. The second kappa shape index (κ2) is 8.47. The molecular weight excluding hydrogens is 406 g/mol. The van der Waals surface area contributed by atoms with Crippen molar-refractivity contribution < 1.29 is 17.7 Å². The van der Waals surface area contributed by atoms with Crippen LogP contribution in [0.1, 0.15) is 49.1 Å². The van der Waals surface area contributed by atoms with Gasteiger partial charge < -0.3 is 14.6 Å². The molecule has 2 heterocycles. The molecule has 1 aliphatic heterocycles. The van der Waals surface area contributed by atoms with E-state index in [4.69, 9.17) is 4.74 Å². The summed E-state index contributed by atoms with van der Waals surface area (Å²) in [6.45, 7) is 3.08. The van der Waals surface area contributed by atoms with E-state index in [0.29, 0.717) is 15.5 Å². The lowest BCUT2D eigenvalue weighted by molar-refractivity contribution is 0.151. The molecule has 3 aromatic rings. The van der Waals surface area contributed by atoms with Gasteiger partial charge in [-0.2, -0.15) is 0 Å². The van der Waals surface area contributed by atoms with Crippen LogP contribution in [-0.4, -0.2) is 22.4 Å². The van der Waals surface area contributed by atoms with Crippen LogP contribution in [0, 0.1) is 0 Å². The summed E-state index contributed by atoms with van der Waals surface area (Å²) < 4.78 is 47.4. The molecular formula is C23H26F2N2O2S. The van der Waals surface area contributed by atoms with E-state index < -0.39 is 17.2 Å². The van der Waals surface area contributed by atoms with Crippen molar-refractivity contribution in [3.05, 3.63) is 53.2 Å². The number of benzene rings is 2. The molecule has 0 spiro atoms. The molecule has 1 aromatic heterocycles. The first-order valence-corrected chi connectivity index (χ1v) is 11.3. The summed E-state index contributed by atoms with van der Waals surface area (Å²) in [5, 5.41) is 4.63. The number of hydrogen-bond donors (Lipinski definition) is 1. The maximum atomic E-state index is 13.3. The largest absolute Gasteiger partial charge is 0.495 e. The Morgan fingerprint density at radius 3 is 2.77 bits per heavy atom. The second-order valence-electron chi connectivity index (χ2n) is 7.63. The second-order valence-corrected chi connectivity index (χ2v) is 9.11. The fourth-order valence-electron chi connectivity index (χ4n) is 4.46. The summed E-state index contributed by atoms with van der Waals surface area (Å²) >= 11 is 0. The van der Waals surface area contributed by atoms with E-state index in [1.807, 2.05) is 13.1 Å². The highest BCUT2D eigenvalue weighted by Crippen LogP contribution is 2.41. The molecule has 7 heteroatoms. The maximum Gasteiger partial charge on any atom is 0.263 e. The maximum absolute atomic E-state index is 13.3. The highest BCUT2D eigenvalue weighted by Gasteiger charge is 2.28. The SMILES string of the molecule is CCCC1NCCc2c1c1cc(S(=O)c3cccc(C(F)F)c3)cc(OC)c1n2C. The number of alkyl halides is 2. The molecule has 30 heavy (non-hydrogen) atoms. The summed E-state index contributed by atoms with van der Waals surface area (Å²) in [5.74, 6) is 0.646.